The van der Waals surface area contributed by atoms with E-state index >= 15 is 0 Å². The van der Waals surface area contributed by atoms with Crippen molar-refractivity contribution in [1.29, 1.82) is 5.26 Å². The highest BCUT2D eigenvalue weighted by atomic mass is 32.1. The molecule has 0 aliphatic heterocycles. The molecule has 0 fully saturated rings. The summed E-state index contributed by atoms with van der Waals surface area (Å²) in [4.78, 5) is 12.8. The van der Waals surface area contributed by atoms with Gasteiger partial charge in [0.15, 0.2) is 5.78 Å². The van der Waals surface area contributed by atoms with E-state index in [-0.39, 0.29) is 5.78 Å². The lowest BCUT2D eigenvalue weighted by atomic mass is 9.99. The number of hydrogen-bond acceptors (Lipinski definition) is 4. The maximum Gasteiger partial charge on any atom is 0.188 e. The van der Waals surface area contributed by atoms with Crippen molar-refractivity contribution in [3.63, 3.8) is 0 Å². The van der Waals surface area contributed by atoms with Gasteiger partial charge in [0.2, 0.25) is 0 Å². The van der Waals surface area contributed by atoms with E-state index < -0.39 is 5.92 Å². The van der Waals surface area contributed by atoms with Crippen LogP contribution in [0.5, 0.6) is 0 Å². The van der Waals surface area contributed by atoms with Gasteiger partial charge in [-0.2, -0.15) is 5.26 Å². The van der Waals surface area contributed by atoms with Crippen LogP contribution in [0.4, 0.5) is 0 Å². The largest absolute Gasteiger partial charge is 0.469 e. The van der Waals surface area contributed by atoms with E-state index in [1.54, 1.807) is 19.1 Å². The molecule has 1 unspecified atom stereocenters. The number of carbonyl (C=O) groups is 1. The molecule has 80 valence electrons. The van der Waals surface area contributed by atoms with Crippen molar-refractivity contribution in [3.05, 3.63) is 46.0 Å². The SMILES string of the molecule is Cc1cc(C(=O)C(C#N)c2cccs2)co1. The highest BCUT2D eigenvalue weighted by Crippen LogP contribution is 2.25. The molecule has 0 radical (unpaired) electrons. The Morgan fingerprint density at radius 1 is 1.62 bits per heavy atom. The first-order valence-corrected chi connectivity index (χ1v) is 5.62. The Labute approximate surface area is 96.9 Å². The molecule has 0 saturated carbocycles. The van der Waals surface area contributed by atoms with Crippen LogP contribution >= 0.6 is 11.3 Å². The first kappa shape index (κ1) is 10.7. The molecule has 4 heteroatoms. The van der Waals surface area contributed by atoms with Crippen LogP contribution < -0.4 is 0 Å². The molecule has 0 aromatic carbocycles. The van der Waals surface area contributed by atoms with Gasteiger partial charge in [0.05, 0.1) is 11.6 Å². The summed E-state index contributed by atoms with van der Waals surface area (Å²) in [6, 6.07) is 7.31. The summed E-state index contributed by atoms with van der Waals surface area (Å²) in [6.07, 6.45) is 1.40. The Hall–Kier alpha value is -1.86. The molecule has 2 rings (SSSR count). The molecule has 0 spiro atoms. The second-order valence-corrected chi connectivity index (χ2v) is 4.37. The standard InChI is InChI=1S/C12H9NO2S/c1-8-5-9(7-15-8)12(14)10(6-13)11-3-2-4-16-11/h2-5,7,10H,1H3. The van der Waals surface area contributed by atoms with Crippen molar-refractivity contribution >= 4 is 17.1 Å². The maximum absolute atomic E-state index is 12.0. The Morgan fingerprint density at radius 3 is 2.94 bits per heavy atom. The first-order chi connectivity index (χ1) is 7.72. The molecule has 0 bridgehead atoms. The topological polar surface area (TPSA) is 54.0 Å². The van der Waals surface area contributed by atoms with E-state index in [9.17, 15) is 4.79 Å². The lowest BCUT2D eigenvalue weighted by Gasteiger charge is -2.02. The Morgan fingerprint density at radius 2 is 2.44 bits per heavy atom. The quantitative estimate of drug-likeness (QED) is 0.762. The molecule has 0 saturated heterocycles. The summed E-state index contributed by atoms with van der Waals surface area (Å²) >= 11 is 1.41. The molecule has 0 aliphatic rings. The highest BCUT2D eigenvalue weighted by Gasteiger charge is 2.23. The van der Waals surface area contributed by atoms with Crippen LogP contribution in [0.3, 0.4) is 0 Å². The van der Waals surface area contributed by atoms with Crippen LogP contribution in [0.25, 0.3) is 0 Å². The number of carbonyl (C=O) groups excluding carboxylic acids is 1. The van der Waals surface area contributed by atoms with E-state index in [4.69, 9.17) is 9.68 Å². The smallest absolute Gasteiger partial charge is 0.188 e. The van der Waals surface area contributed by atoms with Crippen LogP contribution in [-0.2, 0) is 0 Å². The Bertz CT molecular complexity index is 534. The van der Waals surface area contributed by atoms with Gasteiger partial charge in [-0.25, -0.2) is 0 Å². The predicted molar refractivity (Wildman–Crippen MR) is 60.4 cm³/mol. The fraction of sp³-hybridized carbons (Fsp3) is 0.167. The summed E-state index contributed by atoms with van der Waals surface area (Å²) in [5, 5.41) is 10.9. The second kappa shape index (κ2) is 4.33. The fourth-order valence-corrected chi connectivity index (χ4v) is 2.21. The summed E-state index contributed by atoms with van der Waals surface area (Å²) < 4.78 is 5.07. The third-order valence-corrected chi connectivity index (χ3v) is 3.17. The number of nitrogens with zero attached hydrogens (tertiary/aromatic N) is 1. The molecule has 3 nitrogen and oxygen atoms in total. The lowest BCUT2D eigenvalue weighted by molar-refractivity contribution is 0.0979. The molecular formula is C12H9NO2S. The van der Waals surface area contributed by atoms with Gasteiger partial charge in [-0.3, -0.25) is 4.79 Å². The van der Waals surface area contributed by atoms with Crippen molar-refractivity contribution in [2.24, 2.45) is 0 Å². The zero-order valence-electron chi connectivity index (χ0n) is 8.64. The predicted octanol–water partition coefficient (Wildman–Crippen LogP) is 3.14. The molecule has 2 aromatic heterocycles. The van der Waals surface area contributed by atoms with Crippen molar-refractivity contribution < 1.29 is 9.21 Å². The summed E-state index contributed by atoms with van der Waals surface area (Å²) in [7, 11) is 0. The van der Waals surface area contributed by atoms with Crippen molar-refractivity contribution in [1.82, 2.24) is 0 Å². The summed E-state index contributed by atoms with van der Waals surface area (Å²) in [5.41, 5.74) is 0.456. The minimum atomic E-state index is -0.725. The van der Waals surface area contributed by atoms with Gasteiger partial charge >= 0.3 is 0 Å². The van der Waals surface area contributed by atoms with Gasteiger partial charge < -0.3 is 4.42 Å². The van der Waals surface area contributed by atoms with Gasteiger partial charge in [-0.05, 0) is 24.4 Å². The van der Waals surface area contributed by atoms with E-state index in [2.05, 4.69) is 0 Å². The number of Topliss-reactive ketones (excluding diaryl/α,β-unsaturated/α-hetero) is 1. The molecular weight excluding hydrogens is 222 g/mol. The number of aryl methyl sites for hydroxylation is 1. The number of ketones is 1. The molecule has 1 atom stereocenters. The van der Waals surface area contributed by atoms with Crippen molar-refractivity contribution in [2.45, 2.75) is 12.8 Å². The summed E-state index contributed by atoms with van der Waals surface area (Å²) in [5.74, 6) is -0.259. The van der Waals surface area contributed by atoms with Crippen LogP contribution in [-0.4, -0.2) is 5.78 Å². The normalized spacial score (nSPS) is 12.0. The van der Waals surface area contributed by atoms with E-state index in [0.29, 0.717) is 11.3 Å². The number of rotatable bonds is 3. The Balaban J connectivity index is 2.31. The third kappa shape index (κ3) is 1.90. The average molecular weight is 231 g/mol. The summed E-state index contributed by atoms with van der Waals surface area (Å²) in [6.45, 7) is 1.77. The van der Waals surface area contributed by atoms with Crippen LogP contribution in [0.2, 0.25) is 0 Å². The van der Waals surface area contributed by atoms with Gasteiger partial charge in [0, 0.05) is 4.88 Å². The third-order valence-electron chi connectivity index (χ3n) is 2.23. The highest BCUT2D eigenvalue weighted by molar-refractivity contribution is 7.10. The van der Waals surface area contributed by atoms with Crippen LogP contribution in [0.15, 0.2) is 34.3 Å². The van der Waals surface area contributed by atoms with Crippen molar-refractivity contribution in [3.8, 4) is 6.07 Å². The zero-order chi connectivity index (χ0) is 11.5. The molecule has 2 heterocycles. The zero-order valence-corrected chi connectivity index (χ0v) is 9.45. The number of nitriles is 1. The maximum atomic E-state index is 12.0. The van der Waals surface area contributed by atoms with E-state index in [1.165, 1.54) is 17.6 Å². The molecule has 0 amide bonds. The average Bonchev–Trinajstić information content (AvgIpc) is 2.90. The first-order valence-electron chi connectivity index (χ1n) is 4.74. The Kier molecular flexibility index (Phi) is 2.88. The van der Waals surface area contributed by atoms with Crippen LogP contribution in [0, 0.1) is 18.3 Å². The molecule has 0 N–H and O–H groups in total. The van der Waals surface area contributed by atoms with Crippen LogP contribution in [0.1, 0.15) is 26.9 Å². The second-order valence-electron chi connectivity index (χ2n) is 3.39. The monoisotopic (exact) mass is 231 g/mol. The van der Waals surface area contributed by atoms with Gasteiger partial charge in [0.25, 0.3) is 0 Å². The number of furan rings is 1. The minimum absolute atomic E-state index is 0.207. The number of hydrogen-bond donors (Lipinski definition) is 0. The lowest BCUT2D eigenvalue weighted by Crippen LogP contribution is -2.08. The van der Waals surface area contributed by atoms with E-state index in [1.807, 2.05) is 17.5 Å². The van der Waals surface area contributed by atoms with Gasteiger partial charge in [-0.15, -0.1) is 11.3 Å². The minimum Gasteiger partial charge on any atom is -0.469 e. The fourth-order valence-electron chi connectivity index (χ4n) is 1.45. The molecule has 2 aromatic rings. The van der Waals surface area contributed by atoms with Gasteiger partial charge in [0.1, 0.15) is 17.9 Å². The van der Waals surface area contributed by atoms with Gasteiger partial charge in [-0.1, -0.05) is 6.07 Å². The van der Waals surface area contributed by atoms with E-state index in [0.717, 1.165) is 4.88 Å². The molecule has 16 heavy (non-hydrogen) atoms. The number of thiophene rings is 1. The molecule has 0 aliphatic carbocycles. The van der Waals surface area contributed by atoms with Crippen molar-refractivity contribution in [2.75, 3.05) is 0 Å².